The standard InChI is InChI=1S/C25H32FN3O3S/c1-18(2)23-27-22(16-33-23)24(30)29-11-13-32-25(17-29)7-9-28(10-8-25)15-19-4-5-21(26)20(14-19)6-12-31-3/h4-6,12,14,16,18H,7-11,13,15,17H2,1-3H3. The van der Waals surface area contributed by atoms with Crippen LogP contribution in [0.2, 0.25) is 0 Å². The molecule has 2 aliphatic heterocycles. The average Bonchev–Trinajstić information content (AvgIpc) is 3.31. The van der Waals surface area contributed by atoms with Gasteiger partial charge in [0.25, 0.3) is 5.91 Å². The first-order valence-corrected chi connectivity index (χ1v) is 12.4. The topological polar surface area (TPSA) is 54.9 Å². The van der Waals surface area contributed by atoms with Gasteiger partial charge in [0.2, 0.25) is 0 Å². The number of methoxy groups -OCH3 is 1. The summed E-state index contributed by atoms with van der Waals surface area (Å²) in [5.74, 6) is 0.0712. The summed E-state index contributed by atoms with van der Waals surface area (Å²) in [7, 11) is 1.55. The summed E-state index contributed by atoms with van der Waals surface area (Å²) in [6.45, 7) is 8.45. The first-order valence-electron chi connectivity index (χ1n) is 11.5. The number of piperidine rings is 1. The van der Waals surface area contributed by atoms with Crippen LogP contribution in [0.1, 0.15) is 59.2 Å². The molecule has 2 aliphatic rings. The first kappa shape index (κ1) is 23.9. The SMILES string of the molecule is COC=Cc1cc(CN2CCC3(CC2)CN(C(=O)c2csc(C(C)C)n2)CCO3)ccc1F. The highest BCUT2D eigenvalue weighted by atomic mass is 32.1. The van der Waals surface area contributed by atoms with E-state index in [-0.39, 0.29) is 17.3 Å². The van der Waals surface area contributed by atoms with Crippen molar-refractivity contribution in [3.05, 3.63) is 57.5 Å². The van der Waals surface area contributed by atoms with Crippen molar-refractivity contribution in [2.24, 2.45) is 0 Å². The summed E-state index contributed by atoms with van der Waals surface area (Å²) in [4.78, 5) is 21.9. The number of likely N-dealkylation sites (tertiary alicyclic amines) is 1. The van der Waals surface area contributed by atoms with E-state index in [4.69, 9.17) is 9.47 Å². The molecule has 3 heterocycles. The second kappa shape index (κ2) is 10.3. The number of aromatic nitrogens is 1. The van der Waals surface area contributed by atoms with E-state index in [1.165, 1.54) is 12.3 Å². The van der Waals surface area contributed by atoms with Gasteiger partial charge in [0.15, 0.2) is 0 Å². The fraction of sp³-hybridized carbons (Fsp3) is 0.520. The molecule has 1 aromatic carbocycles. The molecule has 1 spiro atoms. The highest BCUT2D eigenvalue weighted by molar-refractivity contribution is 7.09. The molecule has 1 amide bonds. The lowest BCUT2D eigenvalue weighted by molar-refractivity contribution is -0.128. The molecule has 6 nitrogen and oxygen atoms in total. The van der Waals surface area contributed by atoms with Crippen LogP contribution in [-0.4, -0.2) is 66.2 Å². The van der Waals surface area contributed by atoms with Gasteiger partial charge in [-0.2, -0.15) is 0 Å². The Morgan fingerprint density at radius 3 is 2.82 bits per heavy atom. The highest BCUT2D eigenvalue weighted by Crippen LogP contribution is 2.32. The van der Waals surface area contributed by atoms with E-state index in [2.05, 4.69) is 23.7 Å². The molecule has 0 aliphatic carbocycles. The number of morpholine rings is 1. The zero-order valence-electron chi connectivity index (χ0n) is 19.6. The molecule has 2 aromatic rings. The molecule has 0 radical (unpaired) electrons. The lowest BCUT2D eigenvalue weighted by Crippen LogP contribution is -2.58. The average molecular weight is 474 g/mol. The quantitative estimate of drug-likeness (QED) is 0.577. The molecular weight excluding hydrogens is 441 g/mol. The number of ether oxygens (including phenoxy) is 2. The Labute approximate surface area is 199 Å². The van der Waals surface area contributed by atoms with Gasteiger partial charge in [0.1, 0.15) is 11.5 Å². The number of amides is 1. The number of hydrogen-bond donors (Lipinski definition) is 0. The van der Waals surface area contributed by atoms with E-state index in [0.717, 1.165) is 43.0 Å². The van der Waals surface area contributed by atoms with Crippen LogP contribution in [0.3, 0.4) is 0 Å². The van der Waals surface area contributed by atoms with Gasteiger partial charge in [0.05, 0.1) is 37.1 Å². The zero-order valence-corrected chi connectivity index (χ0v) is 20.4. The van der Waals surface area contributed by atoms with E-state index >= 15 is 0 Å². The van der Waals surface area contributed by atoms with Crippen LogP contribution in [0.4, 0.5) is 4.39 Å². The largest absolute Gasteiger partial charge is 0.504 e. The first-order chi connectivity index (χ1) is 15.9. The van der Waals surface area contributed by atoms with Crippen LogP contribution in [0.25, 0.3) is 6.08 Å². The molecule has 0 unspecified atom stereocenters. The monoisotopic (exact) mass is 473 g/mol. The van der Waals surface area contributed by atoms with Gasteiger partial charge < -0.3 is 14.4 Å². The summed E-state index contributed by atoms with van der Waals surface area (Å²) in [5.41, 5.74) is 1.84. The lowest BCUT2D eigenvalue weighted by Gasteiger charge is -2.47. The van der Waals surface area contributed by atoms with Gasteiger partial charge in [-0.1, -0.05) is 19.9 Å². The Morgan fingerprint density at radius 1 is 1.33 bits per heavy atom. The van der Waals surface area contributed by atoms with Crippen molar-refractivity contribution in [2.45, 2.75) is 44.8 Å². The zero-order chi connectivity index (χ0) is 23.4. The Balaban J connectivity index is 1.35. The molecule has 2 saturated heterocycles. The lowest BCUT2D eigenvalue weighted by atomic mass is 9.89. The summed E-state index contributed by atoms with van der Waals surface area (Å²) in [5, 5.41) is 2.87. The smallest absolute Gasteiger partial charge is 0.273 e. The van der Waals surface area contributed by atoms with Crippen molar-refractivity contribution in [2.75, 3.05) is 39.9 Å². The molecule has 0 saturated carbocycles. The Kier molecular flexibility index (Phi) is 7.46. The number of halogens is 1. The number of thiazole rings is 1. The molecule has 33 heavy (non-hydrogen) atoms. The predicted octanol–water partition coefficient (Wildman–Crippen LogP) is 4.53. The van der Waals surface area contributed by atoms with Gasteiger partial charge in [-0.25, -0.2) is 9.37 Å². The van der Waals surface area contributed by atoms with E-state index < -0.39 is 0 Å². The predicted molar refractivity (Wildman–Crippen MR) is 128 cm³/mol. The van der Waals surface area contributed by atoms with E-state index in [9.17, 15) is 9.18 Å². The number of hydrogen-bond acceptors (Lipinski definition) is 6. The maximum absolute atomic E-state index is 14.0. The van der Waals surface area contributed by atoms with Crippen molar-refractivity contribution >= 4 is 23.3 Å². The highest BCUT2D eigenvalue weighted by Gasteiger charge is 2.41. The third kappa shape index (κ3) is 5.62. The third-order valence-electron chi connectivity index (χ3n) is 6.39. The molecule has 0 bridgehead atoms. The number of rotatable bonds is 6. The van der Waals surface area contributed by atoms with Crippen LogP contribution < -0.4 is 0 Å². The Bertz CT molecular complexity index is 999. The number of carbonyl (C=O) groups is 1. The second-order valence-electron chi connectivity index (χ2n) is 9.15. The molecule has 178 valence electrons. The number of nitrogens with zero attached hydrogens (tertiary/aromatic N) is 3. The molecule has 0 atom stereocenters. The maximum atomic E-state index is 14.0. The van der Waals surface area contributed by atoms with E-state index in [1.54, 1.807) is 24.5 Å². The fourth-order valence-electron chi connectivity index (χ4n) is 4.47. The van der Waals surface area contributed by atoms with Crippen molar-refractivity contribution < 1.29 is 18.7 Å². The maximum Gasteiger partial charge on any atom is 0.273 e. The van der Waals surface area contributed by atoms with Gasteiger partial charge in [0, 0.05) is 43.0 Å². The summed E-state index contributed by atoms with van der Waals surface area (Å²) in [6.07, 6.45) is 4.85. The fourth-order valence-corrected chi connectivity index (χ4v) is 5.28. The van der Waals surface area contributed by atoms with Crippen molar-refractivity contribution in [1.29, 1.82) is 0 Å². The van der Waals surface area contributed by atoms with Crippen LogP contribution in [0.5, 0.6) is 0 Å². The van der Waals surface area contributed by atoms with Gasteiger partial charge >= 0.3 is 0 Å². The minimum absolute atomic E-state index is 0.00575. The number of benzene rings is 1. The van der Waals surface area contributed by atoms with Crippen LogP contribution >= 0.6 is 11.3 Å². The third-order valence-corrected chi connectivity index (χ3v) is 7.53. The Hall–Kier alpha value is -2.29. The minimum Gasteiger partial charge on any atom is -0.504 e. The molecule has 2 fully saturated rings. The number of carbonyl (C=O) groups excluding carboxylic acids is 1. The normalized spacial score (nSPS) is 19.0. The Morgan fingerprint density at radius 2 is 2.12 bits per heavy atom. The van der Waals surface area contributed by atoms with Gasteiger partial charge in [-0.3, -0.25) is 9.69 Å². The van der Waals surface area contributed by atoms with Crippen molar-refractivity contribution in [1.82, 2.24) is 14.8 Å². The van der Waals surface area contributed by atoms with Crippen molar-refractivity contribution in [3.8, 4) is 0 Å². The van der Waals surface area contributed by atoms with E-state index in [0.29, 0.717) is 36.9 Å². The summed E-state index contributed by atoms with van der Waals surface area (Å²) in [6, 6.07) is 5.21. The van der Waals surface area contributed by atoms with Crippen LogP contribution in [-0.2, 0) is 16.0 Å². The minimum atomic E-state index is -0.295. The molecule has 8 heteroatoms. The van der Waals surface area contributed by atoms with Gasteiger partial charge in [-0.05, 0) is 36.6 Å². The van der Waals surface area contributed by atoms with E-state index in [1.807, 2.05) is 22.4 Å². The molecular formula is C25H32FN3O3S. The summed E-state index contributed by atoms with van der Waals surface area (Å²) >= 11 is 1.55. The van der Waals surface area contributed by atoms with Gasteiger partial charge in [-0.15, -0.1) is 11.3 Å². The molecule has 4 rings (SSSR count). The molecule has 0 N–H and O–H groups in total. The van der Waals surface area contributed by atoms with Crippen LogP contribution in [0.15, 0.2) is 29.8 Å². The summed E-state index contributed by atoms with van der Waals surface area (Å²) < 4.78 is 25.2. The van der Waals surface area contributed by atoms with Crippen LogP contribution in [0, 0.1) is 5.82 Å². The van der Waals surface area contributed by atoms with Crippen molar-refractivity contribution in [3.63, 3.8) is 0 Å². The molecule has 1 aromatic heterocycles. The second-order valence-corrected chi connectivity index (χ2v) is 10.0.